The summed E-state index contributed by atoms with van der Waals surface area (Å²) >= 11 is 0. The zero-order valence-corrected chi connectivity index (χ0v) is 11.5. The number of alkyl halides is 1. The molecule has 0 amide bonds. The van der Waals surface area contributed by atoms with Crippen LogP contribution in [-0.2, 0) is 6.42 Å². The van der Waals surface area contributed by atoms with Crippen LogP contribution in [0.25, 0.3) is 0 Å². The van der Waals surface area contributed by atoms with Crippen LogP contribution in [0.2, 0.25) is 0 Å². The van der Waals surface area contributed by atoms with E-state index in [-0.39, 0.29) is 0 Å². The zero-order chi connectivity index (χ0) is 13.0. The van der Waals surface area contributed by atoms with Crippen molar-refractivity contribution >= 4 is 0 Å². The lowest BCUT2D eigenvalue weighted by molar-refractivity contribution is 0.146. The first-order valence-electron chi connectivity index (χ1n) is 7.03. The molecule has 1 aliphatic heterocycles. The monoisotopic (exact) mass is 249 g/mol. The van der Waals surface area contributed by atoms with E-state index in [2.05, 4.69) is 24.4 Å². The Morgan fingerprint density at radius 2 is 2.00 bits per heavy atom. The maximum absolute atomic E-state index is 14.6. The van der Waals surface area contributed by atoms with Gasteiger partial charge in [-0.15, -0.1) is 0 Å². The average molecular weight is 249 g/mol. The van der Waals surface area contributed by atoms with Crippen molar-refractivity contribution in [3.63, 3.8) is 0 Å². The molecule has 0 aliphatic carbocycles. The van der Waals surface area contributed by atoms with Gasteiger partial charge in [0.05, 0.1) is 0 Å². The second-order valence-corrected chi connectivity index (χ2v) is 5.93. The summed E-state index contributed by atoms with van der Waals surface area (Å²) in [5.74, 6) is 0. The maximum atomic E-state index is 14.6. The third-order valence-electron chi connectivity index (χ3n) is 3.78. The first-order valence-corrected chi connectivity index (χ1v) is 7.03. The largest absolute Gasteiger partial charge is 0.314 e. The minimum Gasteiger partial charge on any atom is -0.314 e. The molecule has 2 atom stereocenters. The fourth-order valence-electron chi connectivity index (χ4n) is 2.82. The van der Waals surface area contributed by atoms with Crippen molar-refractivity contribution in [2.24, 2.45) is 0 Å². The predicted molar refractivity (Wildman–Crippen MR) is 74.7 cm³/mol. The Labute approximate surface area is 110 Å². The summed E-state index contributed by atoms with van der Waals surface area (Å²) < 4.78 is 14.6. The minimum absolute atomic E-state index is 0.360. The number of hydrogen-bond acceptors (Lipinski definition) is 1. The Morgan fingerprint density at radius 1 is 1.28 bits per heavy atom. The van der Waals surface area contributed by atoms with Gasteiger partial charge in [0.2, 0.25) is 0 Å². The van der Waals surface area contributed by atoms with Crippen LogP contribution in [0.5, 0.6) is 0 Å². The first kappa shape index (κ1) is 13.5. The molecule has 18 heavy (non-hydrogen) atoms. The summed E-state index contributed by atoms with van der Waals surface area (Å²) in [5.41, 5.74) is 1.22. The number of nitrogens with one attached hydrogen (secondary N) is 1. The molecule has 2 heteroatoms. The molecular formula is C16H24FN. The van der Waals surface area contributed by atoms with Gasteiger partial charge in [0.15, 0.2) is 0 Å². The first-order chi connectivity index (χ1) is 8.55. The molecular weight excluding hydrogens is 225 g/mol. The zero-order valence-electron chi connectivity index (χ0n) is 11.5. The van der Waals surface area contributed by atoms with Crippen molar-refractivity contribution in [2.45, 2.75) is 57.7 Å². The molecule has 1 nitrogen and oxygen atoms in total. The van der Waals surface area contributed by atoms with E-state index < -0.39 is 5.67 Å². The Hall–Kier alpha value is -0.890. The van der Waals surface area contributed by atoms with Gasteiger partial charge in [0, 0.05) is 12.5 Å². The number of hydrogen-bond donors (Lipinski definition) is 1. The van der Waals surface area contributed by atoms with Crippen LogP contribution in [0.15, 0.2) is 24.3 Å². The van der Waals surface area contributed by atoms with E-state index in [1.54, 1.807) is 6.92 Å². The van der Waals surface area contributed by atoms with E-state index in [4.69, 9.17) is 0 Å². The molecule has 1 fully saturated rings. The molecule has 0 saturated carbocycles. The molecule has 1 aromatic carbocycles. The SMILES string of the molecule is Cc1ccc(CC(C)(F)CC2CCCCN2)cc1. The molecule has 100 valence electrons. The van der Waals surface area contributed by atoms with Gasteiger partial charge in [-0.2, -0.15) is 0 Å². The maximum Gasteiger partial charge on any atom is 0.113 e. The molecule has 1 saturated heterocycles. The van der Waals surface area contributed by atoms with Crippen LogP contribution in [0, 0.1) is 6.92 Å². The van der Waals surface area contributed by atoms with Crippen molar-refractivity contribution in [1.82, 2.24) is 5.32 Å². The lowest BCUT2D eigenvalue weighted by atomic mass is 9.88. The quantitative estimate of drug-likeness (QED) is 0.856. The fourth-order valence-corrected chi connectivity index (χ4v) is 2.82. The lowest BCUT2D eigenvalue weighted by Crippen LogP contribution is -2.40. The summed E-state index contributed by atoms with van der Waals surface area (Å²) in [4.78, 5) is 0. The van der Waals surface area contributed by atoms with Gasteiger partial charge in [-0.05, 0) is 45.2 Å². The minimum atomic E-state index is -1.11. The van der Waals surface area contributed by atoms with E-state index in [0.717, 1.165) is 18.5 Å². The van der Waals surface area contributed by atoms with E-state index >= 15 is 0 Å². The van der Waals surface area contributed by atoms with Crippen LogP contribution < -0.4 is 5.32 Å². The topological polar surface area (TPSA) is 12.0 Å². The molecule has 0 aromatic heterocycles. The van der Waals surface area contributed by atoms with Gasteiger partial charge in [0.25, 0.3) is 0 Å². The van der Waals surface area contributed by atoms with Crippen LogP contribution in [0.1, 0.15) is 43.7 Å². The van der Waals surface area contributed by atoms with Crippen LogP contribution in [0.4, 0.5) is 4.39 Å². The van der Waals surface area contributed by atoms with Crippen molar-refractivity contribution in [3.8, 4) is 0 Å². The normalized spacial score (nSPS) is 23.6. The van der Waals surface area contributed by atoms with Crippen molar-refractivity contribution in [1.29, 1.82) is 0 Å². The number of benzene rings is 1. The van der Waals surface area contributed by atoms with Crippen LogP contribution in [-0.4, -0.2) is 18.3 Å². The molecule has 1 N–H and O–H groups in total. The van der Waals surface area contributed by atoms with Gasteiger partial charge in [-0.3, -0.25) is 0 Å². The number of aryl methyl sites for hydroxylation is 1. The summed E-state index contributed by atoms with van der Waals surface area (Å²) in [6.07, 6.45) is 4.73. The Bertz CT molecular complexity index is 363. The smallest absolute Gasteiger partial charge is 0.113 e. The molecule has 2 unspecified atom stereocenters. The summed E-state index contributed by atoms with van der Waals surface area (Å²) in [7, 11) is 0. The highest BCUT2D eigenvalue weighted by molar-refractivity contribution is 5.22. The highest BCUT2D eigenvalue weighted by Gasteiger charge is 2.28. The van der Waals surface area contributed by atoms with E-state index in [1.807, 2.05) is 12.1 Å². The number of halogens is 1. The molecule has 1 aliphatic rings. The third kappa shape index (κ3) is 4.09. The van der Waals surface area contributed by atoms with Gasteiger partial charge < -0.3 is 5.32 Å². The van der Waals surface area contributed by atoms with Crippen LogP contribution in [0.3, 0.4) is 0 Å². The molecule has 0 radical (unpaired) electrons. The third-order valence-corrected chi connectivity index (χ3v) is 3.78. The molecule has 0 bridgehead atoms. The second-order valence-electron chi connectivity index (χ2n) is 5.93. The molecule has 1 aromatic rings. The van der Waals surface area contributed by atoms with Crippen LogP contribution >= 0.6 is 0 Å². The highest BCUT2D eigenvalue weighted by atomic mass is 19.1. The van der Waals surface area contributed by atoms with Crippen molar-refractivity contribution in [2.75, 3.05) is 6.54 Å². The summed E-state index contributed by atoms with van der Waals surface area (Å²) in [5, 5.41) is 3.43. The van der Waals surface area contributed by atoms with Gasteiger partial charge in [-0.1, -0.05) is 36.2 Å². The lowest BCUT2D eigenvalue weighted by Gasteiger charge is -2.30. The number of piperidine rings is 1. The second kappa shape index (κ2) is 5.83. The Balaban J connectivity index is 1.91. The van der Waals surface area contributed by atoms with Gasteiger partial charge in [0.1, 0.15) is 5.67 Å². The highest BCUT2D eigenvalue weighted by Crippen LogP contribution is 2.26. The van der Waals surface area contributed by atoms with E-state index in [9.17, 15) is 4.39 Å². The van der Waals surface area contributed by atoms with E-state index in [0.29, 0.717) is 18.9 Å². The number of rotatable bonds is 4. The van der Waals surface area contributed by atoms with Gasteiger partial charge >= 0.3 is 0 Å². The van der Waals surface area contributed by atoms with Gasteiger partial charge in [-0.25, -0.2) is 4.39 Å². The molecule has 2 rings (SSSR count). The standard InChI is InChI=1S/C16H24FN/c1-13-6-8-14(9-7-13)11-16(2,17)12-15-5-3-4-10-18-15/h6-9,15,18H,3-5,10-12H2,1-2H3. The van der Waals surface area contributed by atoms with Crippen molar-refractivity contribution in [3.05, 3.63) is 35.4 Å². The molecule has 0 spiro atoms. The summed E-state index contributed by atoms with van der Waals surface area (Å²) in [6, 6.07) is 8.57. The Kier molecular flexibility index (Phi) is 4.39. The Morgan fingerprint density at radius 3 is 2.61 bits per heavy atom. The molecule has 1 heterocycles. The van der Waals surface area contributed by atoms with E-state index in [1.165, 1.54) is 18.4 Å². The summed E-state index contributed by atoms with van der Waals surface area (Å²) in [6.45, 7) is 4.85. The fraction of sp³-hybridized carbons (Fsp3) is 0.625. The van der Waals surface area contributed by atoms with Crippen molar-refractivity contribution < 1.29 is 4.39 Å². The average Bonchev–Trinajstić information content (AvgIpc) is 2.32. The predicted octanol–water partition coefficient (Wildman–Crippen LogP) is 3.80.